The predicted molar refractivity (Wildman–Crippen MR) is 259 cm³/mol. The first kappa shape index (κ1) is 36.3. The number of nitrogens with zero attached hydrogens (tertiary/aromatic N) is 2. The number of fused-ring (bicyclic) bond motifs is 12. The van der Waals surface area contributed by atoms with Crippen LogP contribution in [0.4, 0.5) is 0 Å². The number of rotatable bonds is 4. The summed E-state index contributed by atoms with van der Waals surface area (Å²) in [6.07, 6.45) is 1.95. The second-order valence-corrected chi connectivity index (χ2v) is 17.3. The van der Waals surface area contributed by atoms with Gasteiger partial charge in [0.05, 0.1) is 22.9 Å². The summed E-state index contributed by atoms with van der Waals surface area (Å²) in [7, 11) is 0. The lowest BCUT2D eigenvalue weighted by atomic mass is 9.89. The van der Waals surface area contributed by atoms with Gasteiger partial charge in [0.15, 0.2) is 0 Å². The molecule has 3 heterocycles. The van der Waals surface area contributed by atoms with Crippen LogP contribution in [0.3, 0.4) is 0 Å². The van der Waals surface area contributed by atoms with Gasteiger partial charge in [-0.05, 0) is 139 Å². The van der Waals surface area contributed by atoms with Gasteiger partial charge in [-0.25, -0.2) is 4.98 Å². The summed E-state index contributed by atoms with van der Waals surface area (Å²) in [6, 6.07) is 50.2. The topological polar surface area (TPSA) is 52.1 Å². The Morgan fingerprint density at radius 2 is 0.919 bits per heavy atom. The van der Waals surface area contributed by atoms with E-state index in [0.29, 0.717) is 0 Å². The molecule has 0 fully saturated rings. The van der Waals surface area contributed by atoms with Crippen LogP contribution in [-0.2, 0) is 0 Å². The van der Waals surface area contributed by atoms with Crippen LogP contribution in [0.2, 0.25) is 0 Å². The Morgan fingerprint density at radius 3 is 1.56 bits per heavy atom. The Bertz CT molecular complexity index is 3830. The van der Waals surface area contributed by atoms with Crippen LogP contribution in [0, 0.1) is 41.5 Å². The van der Waals surface area contributed by atoms with Crippen molar-refractivity contribution in [2.24, 2.45) is 0 Å². The Balaban J connectivity index is 1.12. The second kappa shape index (κ2) is 13.5. The van der Waals surface area contributed by atoms with Crippen molar-refractivity contribution >= 4 is 76.5 Å². The molecule has 0 radical (unpaired) electrons. The first-order valence-corrected chi connectivity index (χ1v) is 21.4. The minimum atomic E-state index is 0.805. The Morgan fingerprint density at radius 1 is 0.371 bits per heavy atom. The summed E-state index contributed by atoms with van der Waals surface area (Å²) < 4.78 is 13.3. The Labute approximate surface area is 359 Å². The lowest BCUT2D eigenvalue weighted by molar-refractivity contribution is 0.664. The van der Waals surface area contributed by atoms with Gasteiger partial charge in [-0.15, -0.1) is 0 Å². The van der Waals surface area contributed by atoms with Crippen molar-refractivity contribution in [1.82, 2.24) is 9.97 Å². The Hall–Kier alpha value is -7.56. The molecule has 9 aromatic carbocycles. The molecule has 12 aromatic rings. The number of hydrogen-bond acceptors (Lipinski definition) is 4. The van der Waals surface area contributed by atoms with Gasteiger partial charge in [0.1, 0.15) is 22.3 Å². The molecular weight excluding hydrogens is 757 g/mol. The minimum Gasteiger partial charge on any atom is -0.456 e. The molecule has 4 heteroatoms. The molecule has 296 valence electrons. The van der Waals surface area contributed by atoms with Crippen molar-refractivity contribution in [2.45, 2.75) is 41.5 Å². The monoisotopic (exact) mass is 798 g/mol. The van der Waals surface area contributed by atoms with Gasteiger partial charge >= 0.3 is 0 Å². The molecule has 0 aliphatic heterocycles. The molecule has 0 saturated carbocycles. The van der Waals surface area contributed by atoms with E-state index in [-0.39, 0.29) is 0 Å². The van der Waals surface area contributed by atoms with Crippen molar-refractivity contribution in [2.75, 3.05) is 0 Å². The smallest absolute Gasteiger partial charge is 0.144 e. The highest BCUT2D eigenvalue weighted by Gasteiger charge is 2.22. The molecule has 0 aliphatic carbocycles. The van der Waals surface area contributed by atoms with Crippen molar-refractivity contribution in [1.29, 1.82) is 0 Å². The molecular formula is C58H42N2O2. The standard InChI is InChI=1S/C58H42N2O2/c1-31-22-33(3)52(34(4)23-31)39-18-20-41-42-21-19-40(53-35(5)24-32(2)25-36(53)6)28-46(42)57-56(45(41)27-39)59-30-48(60-57)37-12-11-13-38(26-37)54-55-44-15-8-10-17-50(44)61-51(55)29-47-43-14-7-9-16-49(43)62-58(47)54/h7-30H,1-6H3. The maximum absolute atomic E-state index is 6.72. The third kappa shape index (κ3) is 5.46. The maximum atomic E-state index is 6.72. The fourth-order valence-corrected chi connectivity index (χ4v) is 10.6. The summed E-state index contributed by atoms with van der Waals surface area (Å²) in [5.41, 5.74) is 21.5. The summed E-state index contributed by atoms with van der Waals surface area (Å²) in [4.78, 5) is 10.9. The number of aryl methyl sites for hydroxylation is 6. The van der Waals surface area contributed by atoms with E-state index in [0.717, 1.165) is 93.5 Å². The van der Waals surface area contributed by atoms with Crippen molar-refractivity contribution in [3.63, 3.8) is 0 Å². The molecule has 3 aromatic heterocycles. The molecule has 0 saturated heterocycles. The van der Waals surface area contributed by atoms with E-state index in [4.69, 9.17) is 18.8 Å². The van der Waals surface area contributed by atoms with E-state index < -0.39 is 0 Å². The lowest BCUT2D eigenvalue weighted by Gasteiger charge is -2.17. The third-order valence-electron chi connectivity index (χ3n) is 13.0. The molecule has 0 unspecified atom stereocenters. The maximum Gasteiger partial charge on any atom is 0.144 e. The highest BCUT2D eigenvalue weighted by Crippen LogP contribution is 2.46. The fourth-order valence-electron chi connectivity index (χ4n) is 10.6. The number of aromatic nitrogens is 2. The fraction of sp³-hybridized carbons (Fsp3) is 0.103. The summed E-state index contributed by atoms with van der Waals surface area (Å²) in [5.74, 6) is 0. The summed E-state index contributed by atoms with van der Waals surface area (Å²) in [5, 5.41) is 8.70. The number of benzene rings is 9. The van der Waals surface area contributed by atoms with Crippen LogP contribution in [0.5, 0.6) is 0 Å². The quantitative estimate of drug-likeness (QED) is 0.166. The van der Waals surface area contributed by atoms with Crippen molar-refractivity contribution in [3.8, 4) is 44.6 Å². The molecule has 0 spiro atoms. The van der Waals surface area contributed by atoms with Gasteiger partial charge < -0.3 is 8.83 Å². The predicted octanol–water partition coefficient (Wildman–Crippen LogP) is 16.3. The number of hydrogen-bond donors (Lipinski definition) is 0. The van der Waals surface area contributed by atoms with Gasteiger partial charge in [-0.3, -0.25) is 4.98 Å². The normalized spacial score (nSPS) is 12.0. The van der Waals surface area contributed by atoms with Gasteiger partial charge in [-0.2, -0.15) is 0 Å². The molecule has 62 heavy (non-hydrogen) atoms. The van der Waals surface area contributed by atoms with Gasteiger partial charge in [0, 0.05) is 43.4 Å². The third-order valence-corrected chi connectivity index (χ3v) is 13.0. The number of para-hydroxylation sites is 2. The number of furan rings is 2. The zero-order chi connectivity index (χ0) is 42.0. The van der Waals surface area contributed by atoms with Crippen LogP contribution in [0.1, 0.15) is 33.4 Å². The zero-order valence-corrected chi connectivity index (χ0v) is 35.6. The Kier molecular flexibility index (Phi) is 7.89. The van der Waals surface area contributed by atoms with Crippen LogP contribution < -0.4 is 0 Å². The molecule has 0 atom stereocenters. The van der Waals surface area contributed by atoms with Crippen molar-refractivity contribution < 1.29 is 8.83 Å². The minimum absolute atomic E-state index is 0.805. The van der Waals surface area contributed by atoms with Crippen LogP contribution in [0.25, 0.3) is 121 Å². The molecule has 0 aliphatic rings. The van der Waals surface area contributed by atoms with E-state index in [1.807, 2.05) is 30.5 Å². The van der Waals surface area contributed by atoms with Crippen molar-refractivity contribution in [3.05, 3.63) is 179 Å². The molecule has 4 nitrogen and oxygen atoms in total. The first-order valence-electron chi connectivity index (χ1n) is 21.4. The largest absolute Gasteiger partial charge is 0.456 e. The highest BCUT2D eigenvalue weighted by molar-refractivity contribution is 6.25. The van der Waals surface area contributed by atoms with Crippen LogP contribution >= 0.6 is 0 Å². The van der Waals surface area contributed by atoms with Gasteiger partial charge in [0.2, 0.25) is 0 Å². The SMILES string of the molecule is Cc1cc(C)c(-c2ccc3c4ccc(-c5c(C)cc(C)cc5C)cc4c4nc(-c5cccc(-c6c7oc8ccccc8c7cc7oc8ccccc8c67)c5)cnc4c3c2)c(C)c1. The first-order chi connectivity index (χ1) is 30.2. The van der Waals surface area contributed by atoms with Crippen LogP contribution in [0.15, 0.2) is 155 Å². The van der Waals surface area contributed by atoms with E-state index in [9.17, 15) is 0 Å². The molecule has 0 N–H and O–H groups in total. The summed E-state index contributed by atoms with van der Waals surface area (Å²) in [6.45, 7) is 13.2. The molecule has 12 rings (SSSR count). The van der Waals surface area contributed by atoms with Crippen LogP contribution in [-0.4, -0.2) is 9.97 Å². The second-order valence-electron chi connectivity index (χ2n) is 17.3. The summed E-state index contributed by atoms with van der Waals surface area (Å²) >= 11 is 0. The zero-order valence-electron chi connectivity index (χ0n) is 35.6. The van der Waals surface area contributed by atoms with Gasteiger partial charge in [0.25, 0.3) is 0 Å². The lowest BCUT2D eigenvalue weighted by Crippen LogP contribution is -1.95. The average Bonchev–Trinajstić information content (AvgIpc) is 3.83. The van der Waals surface area contributed by atoms with E-state index in [1.54, 1.807) is 0 Å². The van der Waals surface area contributed by atoms with E-state index >= 15 is 0 Å². The highest BCUT2D eigenvalue weighted by atomic mass is 16.3. The molecule has 0 bridgehead atoms. The van der Waals surface area contributed by atoms with E-state index in [1.165, 1.54) is 61.0 Å². The van der Waals surface area contributed by atoms with E-state index in [2.05, 4.69) is 157 Å². The molecule has 0 amide bonds. The van der Waals surface area contributed by atoms with Gasteiger partial charge in [-0.1, -0.05) is 114 Å². The average molecular weight is 799 g/mol.